The van der Waals surface area contributed by atoms with E-state index in [2.05, 4.69) is 0 Å². The van der Waals surface area contributed by atoms with Crippen LogP contribution in [0.3, 0.4) is 0 Å². The Bertz CT molecular complexity index is 371. The Morgan fingerprint density at radius 1 is 1.50 bits per heavy atom. The van der Waals surface area contributed by atoms with Gasteiger partial charge in [0, 0.05) is 12.5 Å². The number of furan rings is 1. The van der Waals surface area contributed by atoms with Gasteiger partial charge in [-0.25, -0.2) is 0 Å². The smallest absolute Gasteiger partial charge is 0.157 e. The molecule has 0 radical (unpaired) electrons. The highest BCUT2D eigenvalue weighted by atomic mass is 16.5. The van der Waals surface area contributed by atoms with E-state index in [0.717, 1.165) is 17.4 Å². The Hall–Kier alpha value is -1.77. The highest BCUT2D eigenvalue weighted by Crippen LogP contribution is 2.19. The SMILES string of the molecule is O=CC1=CC=C(COc2ccoc2)C1. The zero-order valence-electron chi connectivity index (χ0n) is 7.60. The Kier molecular flexibility index (Phi) is 2.49. The summed E-state index contributed by atoms with van der Waals surface area (Å²) in [5.41, 5.74) is 1.91. The lowest BCUT2D eigenvalue weighted by Crippen LogP contribution is -1.99. The molecule has 1 heterocycles. The van der Waals surface area contributed by atoms with Crippen LogP contribution in [0.1, 0.15) is 6.42 Å². The summed E-state index contributed by atoms with van der Waals surface area (Å²) < 4.78 is 10.3. The van der Waals surface area contributed by atoms with Crippen molar-refractivity contribution in [3.8, 4) is 5.75 Å². The number of rotatable bonds is 4. The molecule has 0 unspecified atom stereocenters. The first kappa shape index (κ1) is 8.81. The molecule has 0 saturated carbocycles. The van der Waals surface area contributed by atoms with E-state index in [1.807, 2.05) is 12.2 Å². The summed E-state index contributed by atoms with van der Waals surface area (Å²) in [6, 6.07) is 1.75. The quantitative estimate of drug-likeness (QED) is 0.682. The van der Waals surface area contributed by atoms with Crippen molar-refractivity contribution in [2.24, 2.45) is 0 Å². The number of carbonyl (C=O) groups excluding carboxylic acids is 1. The molecular formula is C11H10O3. The average Bonchev–Trinajstić information content (AvgIpc) is 2.86. The first-order chi connectivity index (χ1) is 6.88. The van der Waals surface area contributed by atoms with Crippen LogP contribution >= 0.6 is 0 Å². The fraction of sp³-hybridized carbons (Fsp3) is 0.182. The summed E-state index contributed by atoms with van der Waals surface area (Å²) in [5.74, 6) is 0.713. The number of hydrogen-bond donors (Lipinski definition) is 0. The van der Waals surface area contributed by atoms with Crippen LogP contribution < -0.4 is 4.74 Å². The molecule has 0 bridgehead atoms. The van der Waals surface area contributed by atoms with Crippen LogP contribution in [0, 0.1) is 0 Å². The highest BCUT2D eigenvalue weighted by molar-refractivity contribution is 5.76. The lowest BCUT2D eigenvalue weighted by atomic mass is 10.2. The predicted octanol–water partition coefficient (Wildman–Crippen LogP) is 2.11. The summed E-state index contributed by atoms with van der Waals surface area (Å²) in [6.45, 7) is 0.507. The van der Waals surface area contributed by atoms with Crippen molar-refractivity contribution < 1.29 is 13.9 Å². The van der Waals surface area contributed by atoms with E-state index in [-0.39, 0.29) is 0 Å². The second-order valence-electron chi connectivity index (χ2n) is 3.11. The van der Waals surface area contributed by atoms with Gasteiger partial charge in [-0.3, -0.25) is 4.79 Å². The molecule has 3 nitrogen and oxygen atoms in total. The van der Waals surface area contributed by atoms with Crippen molar-refractivity contribution in [1.29, 1.82) is 0 Å². The van der Waals surface area contributed by atoms with E-state index in [0.29, 0.717) is 18.8 Å². The lowest BCUT2D eigenvalue weighted by Gasteiger charge is -2.03. The van der Waals surface area contributed by atoms with Crippen molar-refractivity contribution in [2.75, 3.05) is 6.61 Å². The Morgan fingerprint density at radius 3 is 3.07 bits per heavy atom. The molecule has 0 amide bonds. The van der Waals surface area contributed by atoms with Gasteiger partial charge >= 0.3 is 0 Å². The molecule has 72 valence electrons. The second kappa shape index (κ2) is 3.96. The third-order valence-corrected chi connectivity index (χ3v) is 2.03. The molecule has 0 aliphatic heterocycles. The monoisotopic (exact) mass is 190 g/mol. The van der Waals surface area contributed by atoms with Crippen molar-refractivity contribution >= 4 is 6.29 Å². The fourth-order valence-electron chi connectivity index (χ4n) is 1.30. The van der Waals surface area contributed by atoms with Crippen LogP contribution in [0.25, 0.3) is 0 Å². The van der Waals surface area contributed by atoms with Crippen LogP contribution in [-0.4, -0.2) is 12.9 Å². The maximum absolute atomic E-state index is 10.4. The minimum Gasteiger partial charge on any atom is -0.486 e. The van der Waals surface area contributed by atoms with Crippen LogP contribution in [-0.2, 0) is 4.79 Å². The number of allylic oxidation sites excluding steroid dienone is 3. The molecule has 1 aromatic rings. The van der Waals surface area contributed by atoms with E-state index >= 15 is 0 Å². The number of aldehydes is 1. The van der Waals surface area contributed by atoms with Gasteiger partial charge in [0.25, 0.3) is 0 Å². The summed E-state index contributed by atoms with van der Waals surface area (Å²) in [5, 5.41) is 0. The van der Waals surface area contributed by atoms with E-state index in [4.69, 9.17) is 9.15 Å². The lowest BCUT2D eigenvalue weighted by molar-refractivity contribution is -0.104. The summed E-state index contributed by atoms with van der Waals surface area (Å²) >= 11 is 0. The van der Waals surface area contributed by atoms with Crippen molar-refractivity contribution in [2.45, 2.75) is 6.42 Å². The Labute approximate surface area is 81.7 Å². The van der Waals surface area contributed by atoms with Gasteiger partial charge in [-0.15, -0.1) is 0 Å². The summed E-state index contributed by atoms with van der Waals surface area (Å²) in [7, 11) is 0. The number of carbonyl (C=O) groups is 1. The third-order valence-electron chi connectivity index (χ3n) is 2.03. The van der Waals surface area contributed by atoms with Gasteiger partial charge in [0.15, 0.2) is 5.75 Å². The molecule has 0 fully saturated rings. The van der Waals surface area contributed by atoms with Crippen LogP contribution in [0.2, 0.25) is 0 Å². The highest BCUT2D eigenvalue weighted by Gasteiger charge is 2.08. The molecule has 1 aromatic heterocycles. The normalized spacial score (nSPS) is 14.9. The van der Waals surface area contributed by atoms with Crippen molar-refractivity contribution in [3.63, 3.8) is 0 Å². The molecule has 2 rings (SSSR count). The van der Waals surface area contributed by atoms with Crippen molar-refractivity contribution in [3.05, 3.63) is 41.9 Å². The van der Waals surface area contributed by atoms with Gasteiger partial charge in [0.05, 0.1) is 6.26 Å². The van der Waals surface area contributed by atoms with Crippen LogP contribution in [0.4, 0.5) is 0 Å². The number of hydrogen-bond acceptors (Lipinski definition) is 3. The van der Waals surface area contributed by atoms with E-state index in [1.54, 1.807) is 18.6 Å². The van der Waals surface area contributed by atoms with Gasteiger partial charge in [-0.05, 0) is 11.1 Å². The van der Waals surface area contributed by atoms with Crippen molar-refractivity contribution in [1.82, 2.24) is 0 Å². The Morgan fingerprint density at radius 2 is 2.43 bits per heavy atom. The van der Waals surface area contributed by atoms with Crippen LogP contribution in [0.15, 0.2) is 46.3 Å². The third kappa shape index (κ3) is 1.93. The molecule has 0 N–H and O–H groups in total. The molecule has 3 heteroatoms. The minimum absolute atomic E-state index is 0.507. The molecule has 1 aliphatic rings. The summed E-state index contributed by atoms with van der Waals surface area (Å²) in [6.07, 6.45) is 8.42. The van der Waals surface area contributed by atoms with Gasteiger partial charge < -0.3 is 9.15 Å². The zero-order valence-corrected chi connectivity index (χ0v) is 7.60. The van der Waals surface area contributed by atoms with E-state index in [9.17, 15) is 4.79 Å². The van der Waals surface area contributed by atoms with Gasteiger partial charge in [0.2, 0.25) is 0 Å². The standard InChI is InChI=1S/C11H10O3/c12-6-9-1-2-10(5-9)7-14-11-3-4-13-8-11/h1-4,6,8H,5,7H2. The molecular weight excluding hydrogens is 180 g/mol. The maximum Gasteiger partial charge on any atom is 0.157 e. The average molecular weight is 190 g/mol. The minimum atomic E-state index is 0.507. The molecule has 0 atom stereocenters. The van der Waals surface area contributed by atoms with Crippen LogP contribution in [0.5, 0.6) is 5.75 Å². The van der Waals surface area contributed by atoms with Gasteiger partial charge in [-0.2, -0.15) is 0 Å². The first-order valence-electron chi connectivity index (χ1n) is 4.37. The largest absolute Gasteiger partial charge is 0.486 e. The second-order valence-corrected chi connectivity index (χ2v) is 3.11. The topological polar surface area (TPSA) is 39.4 Å². The van der Waals surface area contributed by atoms with E-state index in [1.165, 1.54) is 0 Å². The molecule has 0 saturated heterocycles. The molecule has 0 aromatic carbocycles. The Balaban J connectivity index is 1.82. The predicted molar refractivity (Wildman–Crippen MR) is 51.1 cm³/mol. The molecule has 14 heavy (non-hydrogen) atoms. The van der Waals surface area contributed by atoms with E-state index < -0.39 is 0 Å². The van der Waals surface area contributed by atoms with Gasteiger partial charge in [-0.1, -0.05) is 12.2 Å². The number of ether oxygens (including phenoxy) is 1. The first-order valence-corrected chi connectivity index (χ1v) is 4.37. The summed E-state index contributed by atoms with van der Waals surface area (Å²) in [4.78, 5) is 10.4. The molecule has 0 spiro atoms. The fourth-order valence-corrected chi connectivity index (χ4v) is 1.30. The zero-order chi connectivity index (χ0) is 9.80. The van der Waals surface area contributed by atoms with Gasteiger partial charge in [0.1, 0.15) is 19.2 Å². The molecule has 1 aliphatic carbocycles. The maximum atomic E-state index is 10.4.